The number of benzene rings is 3. The molecule has 1 atom stereocenters. The molecule has 0 saturated carbocycles. The van der Waals surface area contributed by atoms with Gasteiger partial charge in [0, 0.05) is 10.6 Å². The van der Waals surface area contributed by atoms with Gasteiger partial charge in [0.1, 0.15) is 17.7 Å². The number of ether oxygens (including phenoxy) is 2. The first-order valence-corrected chi connectivity index (χ1v) is 13.7. The van der Waals surface area contributed by atoms with Gasteiger partial charge in [0.25, 0.3) is 0 Å². The number of nitrogens with zero attached hydrogens (tertiary/aromatic N) is 4. The number of hydrogen-bond acceptors (Lipinski definition) is 7. The van der Waals surface area contributed by atoms with Gasteiger partial charge in [-0.1, -0.05) is 47.7 Å². The molecule has 4 aromatic rings. The lowest BCUT2D eigenvalue weighted by Crippen LogP contribution is -2.12. The zero-order valence-corrected chi connectivity index (χ0v) is 24.3. The summed E-state index contributed by atoms with van der Waals surface area (Å²) in [6, 6.07) is 17.9. The average molecular weight is 598 g/mol. The van der Waals surface area contributed by atoms with Crippen LogP contribution in [0.2, 0.25) is 0 Å². The lowest BCUT2D eigenvalue weighted by Gasteiger charge is -2.18. The maximum Gasteiger partial charge on any atom is 0.220 e. The van der Waals surface area contributed by atoms with Crippen LogP contribution in [0.3, 0.4) is 0 Å². The van der Waals surface area contributed by atoms with E-state index in [-0.39, 0.29) is 11.5 Å². The fourth-order valence-corrected chi connectivity index (χ4v) is 5.69. The third kappa shape index (κ3) is 6.36. The molecular formula is C28H29BrN4O4S. The summed E-state index contributed by atoms with van der Waals surface area (Å²) in [5.74, 6) is 1.73. The standard InChI is InChI=1S/C28H29BrN4O4S/c1-17-6-9-21(10-7-17)16-37-27-24(29)13-22(14-25(27)36-5)26(15-32(34)35)38-28-31-30-20(4)33(28)23-11-8-18(2)19(3)12-23/h6-14,26H,15-16H2,1-5H3/t26-/m0/s1. The van der Waals surface area contributed by atoms with Crippen LogP contribution >= 0.6 is 27.7 Å². The first-order chi connectivity index (χ1) is 18.2. The number of nitro groups is 1. The molecule has 10 heteroatoms. The Morgan fingerprint density at radius 3 is 2.42 bits per heavy atom. The maximum atomic E-state index is 11.7. The summed E-state index contributed by atoms with van der Waals surface area (Å²) in [6.45, 7) is 8.07. The van der Waals surface area contributed by atoms with Crippen LogP contribution < -0.4 is 9.47 Å². The van der Waals surface area contributed by atoms with Gasteiger partial charge in [-0.25, -0.2) is 0 Å². The molecule has 0 fully saturated rings. The van der Waals surface area contributed by atoms with E-state index in [1.54, 1.807) is 13.2 Å². The summed E-state index contributed by atoms with van der Waals surface area (Å²) in [5.41, 5.74) is 6.15. The van der Waals surface area contributed by atoms with Crippen molar-refractivity contribution in [1.82, 2.24) is 14.8 Å². The molecule has 0 aliphatic heterocycles. The van der Waals surface area contributed by atoms with Gasteiger partial charge in [-0.2, -0.15) is 0 Å². The van der Waals surface area contributed by atoms with Gasteiger partial charge in [0.05, 0.1) is 11.6 Å². The van der Waals surface area contributed by atoms with Gasteiger partial charge in [-0.3, -0.25) is 14.7 Å². The summed E-state index contributed by atoms with van der Waals surface area (Å²) in [4.78, 5) is 11.4. The number of methoxy groups -OCH3 is 1. The number of aromatic nitrogens is 3. The largest absolute Gasteiger partial charge is 0.493 e. The predicted octanol–water partition coefficient (Wildman–Crippen LogP) is 6.96. The Morgan fingerprint density at radius 1 is 1.03 bits per heavy atom. The minimum absolute atomic E-state index is 0.303. The number of rotatable bonds is 10. The van der Waals surface area contributed by atoms with Crippen LogP contribution in [0.5, 0.6) is 11.5 Å². The predicted molar refractivity (Wildman–Crippen MR) is 152 cm³/mol. The normalized spacial score (nSPS) is 11.8. The highest BCUT2D eigenvalue weighted by Crippen LogP contribution is 2.43. The van der Waals surface area contributed by atoms with E-state index in [1.165, 1.54) is 22.9 Å². The second-order valence-electron chi connectivity index (χ2n) is 9.06. The SMILES string of the molecule is COc1cc([C@H](C[N+](=O)[O-])Sc2nnc(C)n2-c2ccc(C)c(C)c2)cc(Br)c1OCc1ccc(C)cc1. The molecule has 0 spiro atoms. The number of halogens is 1. The molecule has 0 saturated heterocycles. The molecule has 0 radical (unpaired) electrons. The van der Waals surface area contributed by atoms with Crippen molar-refractivity contribution in [3.05, 3.63) is 103 Å². The molecule has 198 valence electrons. The smallest absolute Gasteiger partial charge is 0.220 e. The molecule has 0 N–H and O–H groups in total. The van der Waals surface area contributed by atoms with Crippen molar-refractivity contribution in [3.63, 3.8) is 0 Å². The third-order valence-electron chi connectivity index (χ3n) is 6.23. The fraction of sp³-hybridized carbons (Fsp3) is 0.286. The van der Waals surface area contributed by atoms with Gasteiger partial charge >= 0.3 is 0 Å². The second kappa shape index (κ2) is 12.0. The van der Waals surface area contributed by atoms with Crippen LogP contribution in [0.15, 0.2) is 64.2 Å². The molecule has 8 nitrogen and oxygen atoms in total. The molecule has 0 aliphatic rings. The molecule has 0 amide bonds. The Hall–Kier alpha value is -3.37. The van der Waals surface area contributed by atoms with Crippen molar-refractivity contribution in [1.29, 1.82) is 0 Å². The first-order valence-electron chi connectivity index (χ1n) is 12.0. The maximum absolute atomic E-state index is 11.7. The van der Waals surface area contributed by atoms with Crippen LogP contribution in [0.1, 0.15) is 38.9 Å². The van der Waals surface area contributed by atoms with Gasteiger partial charge in [-0.05, 0) is 90.1 Å². The Morgan fingerprint density at radius 2 is 1.76 bits per heavy atom. The quantitative estimate of drug-likeness (QED) is 0.111. The van der Waals surface area contributed by atoms with Crippen LogP contribution in [0, 0.1) is 37.8 Å². The van der Waals surface area contributed by atoms with Crippen molar-refractivity contribution in [3.8, 4) is 17.2 Å². The van der Waals surface area contributed by atoms with Crippen molar-refractivity contribution < 1.29 is 14.4 Å². The van der Waals surface area contributed by atoms with E-state index in [0.29, 0.717) is 39.1 Å². The van der Waals surface area contributed by atoms with Crippen LogP contribution in [0.4, 0.5) is 0 Å². The summed E-state index contributed by atoms with van der Waals surface area (Å²) >= 11 is 4.89. The summed E-state index contributed by atoms with van der Waals surface area (Å²) in [6.07, 6.45) is 0. The summed E-state index contributed by atoms with van der Waals surface area (Å²) in [5, 5.41) is 20.3. The van der Waals surface area contributed by atoms with Gasteiger partial charge in [0.15, 0.2) is 16.7 Å². The monoisotopic (exact) mass is 596 g/mol. The van der Waals surface area contributed by atoms with E-state index in [4.69, 9.17) is 9.47 Å². The number of hydrogen-bond donors (Lipinski definition) is 0. The summed E-state index contributed by atoms with van der Waals surface area (Å²) < 4.78 is 14.3. The van der Waals surface area contributed by atoms with E-state index in [2.05, 4.69) is 39.1 Å². The fourth-order valence-electron chi connectivity index (χ4n) is 3.96. The molecule has 0 unspecified atom stereocenters. The Balaban J connectivity index is 1.65. The molecule has 3 aromatic carbocycles. The van der Waals surface area contributed by atoms with Crippen molar-refractivity contribution in [2.75, 3.05) is 13.7 Å². The molecule has 1 aromatic heterocycles. The molecule has 4 rings (SSSR count). The van der Waals surface area contributed by atoms with E-state index >= 15 is 0 Å². The van der Waals surface area contributed by atoms with E-state index < -0.39 is 5.25 Å². The molecule has 0 bridgehead atoms. The van der Waals surface area contributed by atoms with E-state index in [1.807, 2.05) is 67.8 Å². The highest BCUT2D eigenvalue weighted by Gasteiger charge is 2.26. The van der Waals surface area contributed by atoms with E-state index in [9.17, 15) is 10.1 Å². The molecule has 0 aliphatic carbocycles. The molecule has 1 heterocycles. The third-order valence-corrected chi connectivity index (χ3v) is 8.00. The zero-order valence-electron chi connectivity index (χ0n) is 21.9. The Kier molecular flexibility index (Phi) is 8.73. The van der Waals surface area contributed by atoms with E-state index in [0.717, 1.165) is 16.8 Å². The first kappa shape index (κ1) is 27.7. The van der Waals surface area contributed by atoms with Gasteiger partial charge < -0.3 is 9.47 Å². The van der Waals surface area contributed by atoms with Crippen LogP contribution in [-0.4, -0.2) is 33.3 Å². The Bertz CT molecular complexity index is 1460. The van der Waals surface area contributed by atoms with Gasteiger partial charge in [-0.15, -0.1) is 10.2 Å². The summed E-state index contributed by atoms with van der Waals surface area (Å²) in [7, 11) is 1.56. The van der Waals surface area contributed by atoms with Crippen molar-refractivity contribution >= 4 is 27.7 Å². The van der Waals surface area contributed by atoms with Crippen LogP contribution in [-0.2, 0) is 6.61 Å². The topological polar surface area (TPSA) is 92.3 Å². The lowest BCUT2D eigenvalue weighted by atomic mass is 10.1. The minimum Gasteiger partial charge on any atom is -0.493 e. The molecular weight excluding hydrogens is 568 g/mol. The minimum atomic E-state index is -0.546. The average Bonchev–Trinajstić information content (AvgIpc) is 3.24. The lowest BCUT2D eigenvalue weighted by molar-refractivity contribution is -0.479. The highest BCUT2D eigenvalue weighted by molar-refractivity contribution is 9.10. The number of aryl methyl sites for hydroxylation is 4. The second-order valence-corrected chi connectivity index (χ2v) is 11.1. The van der Waals surface area contributed by atoms with Crippen molar-refractivity contribution in [2.45, 2.75) is 44.7 Å². The number of thioether (sulfide) groups is 1. The highest BCUT2D eigenvalue weighted by atomic mass is 79.9. The van der Waals surface area contributed by atoms with Crippen molar-refractivity contribution in [2.24, 2.45) is 0 Å². The molecule has 38 heavy (non-hydrogen) atoms. The Labute approximate surface area is 234 Å². The zero-order chi connectivity index (χ0) is 27.4. The van der Waals surface area contributed by atoms with Gasteiger partial charge in [0.2, 0.25) is 6.54 Å². The van der Waals surface area contributed by atoms with Crippen LogP contribution in [0.25, 0.3) is 5.69 Å².